The summed E-state index contributed by atoms with van der Waals surface area (Å²) in [5, 5.41) is 13.0. The Kier molecular flexibility index (Phi) is 2.43. The average molecular weight is 172 g/mol. The van der Waals surface area contributed by atoms with Gasteiger partial charge in [-0.05, 0) is 6.92 Å². The van der Waals surface area contributed by atoms with Gasteiger partial charge in [0.1, 0.15) is 11.9 Å². The molecule has 0 saturated heterocycles. The van der Waals surface area contributed by atoms with E-state index in [1.807, 2.05) is 0 Å². The molecule has 1 atom stereocenters. The zero-order chi connectivity index (χ0) is 8.27. The van der Waals surface area contributed by atoms with Gasteiger partial charge in [-0.15, -0.1) is 11.3 Å². The molecule has 2 N–H and O–H groups in total. The Labute approximate surface area is 67.9 Å². The number of carboxylic acids is 1. The van der Waals surface area contributed by atoms with Crippen molar-refractivity contribution >= 4 is 23.1 Å². The smallest absolute Gasteiger partial charge is 0.325 e. The molecule has 0 fully saturated rings. The van der Waals surface area contributed by atoms with Crippen molar-refractivity contribution in [2.24, 2.45) is 0 Å². The van der Waals surface area contributed by atoms with Crippen LogP contribution in [0.4, 0.5) is 5.82 Å². The molecule has 0 aliphatic carbocycles. The van der Waals surface area contributed by atoms with Gasteiger partial charge in [-0.1, -0.05) is 0 Å². The highest BCUT2D eigenvalue weighted by Gasteiger charge is 2.09. The highest BCUT2D eigenvalue weighted by atomic mass is 32.1. The molecule has 0 spiro atoms. The molecule has 5 heteroatoms. The van der Waals surface area contributed by atoms with E-state index in [2.05, 4.69) is 10.3 Å². The third kappa shape index (κ3) is 2.19. The Morgan fingerprint density at radius 1 is 1.91 bits per heavy atom. The Hall–Kier alpha value is -1.10. The fourth-order valence-electron chi connectivity index (χ4n) is 0.567. The first-order valence-corrected chi connectivity index (χ1v) is 4.02. The lowest BCUT2D eigenvalue weighted by Crippen LogP contribution is -2.25. The first-order valence-electron chi connectivity index (χ1n) is 3.07. The Balaban J connectivity index is 2.50. The summed E-state index contributed by atoms with van der Waals surface area (Å²) in [7, 11) is 0. The van der Waals surface area contributed by atoms with E-state index in [1.165, 1.54) is 11.3 Å². The maximum absolute atomic E-state index is 10.3. The highest BCUT2D eigenvalue weighted by Crippen LogP contribution is 2.07. The summed E-state index contributed by atoms with van der Waals surface area (Å²) >= 11 is 1.43. The molecule has 0 saturated carbocycles. The van der Waals surface area contributed by atoms with Crippen LogP contribution < -0.4 is 5.32 Å². The van der Waals surface area contributed by atoms with Crippen LogP contribution in [0.3, 0.4) is 0 Å². The van der Waals surface area contributed by atoms with Gasteiger partial charge in [-0.3, -0.25) is 4.79 Å². The van der Waals surface area contributed by atoms with Crippen molar-refractivity contribution in [1.29, 1.82) is 0 Å². The molecule has 0 radical (unpaired) electrons. The number of nitrogens with one attached hydrogen (secondary N) is 1. The van der Waals surface area contributed by atoms with E-state index in [1.54, 1.807) is 17.8 Å². The number of aromatic nitrogens is 1. The molecule has 0 aliphatic rings. The van der Waals surface area contributed by atoms with E-state index in [0.717, 1.165) is 0 Å². The maximum Gasteiger partial charge on any atom is 0.325 e. The Morgan fingerprint density at radius 2 is 2.64 bits per heavy atom. The van der Waals surface area contributed by atoms with Crippen molar-refractivity contribution in [2.45, 2.75) is 13.0 Å². The van der Waals surface area contributed by atoms with Crippen LogP contribution in [-0.4, -0.2) is 22.1 Å². The van der Waals surface area contributed by atoms with Crippen LogP contribution in [0.5, 0.6) is 0 Å². The largest absolute Gasteiger partial charge is 0.480 e. The van der Waals surface area contributed by atoms with Crippen molar-refractivity contribution in [3.8, 4) is 0 Å². The number of carboxylic acid groups (broad SMARTS) is 1. The van der Waals surface area contributed by atoms with Gasteiger partial charge in [0, 0.05) is 5.38 Å². The second-order valence-corrected chi connectivity index (χ2v) is 2.80. The van der Waals surface area contributed by atoms with Crippen LogP contribution in [-0.2, 0) is 4.79 Å². The third-order valence-corrected chi connectivity index (χ3v) is 1.75. The van der Waals surface area contributed by atoms with Crippen molar-refractivity contribution in [3.63, 3.8) is 0 Å². The average Bonchev–Trinajstić information content (AvgIpc) is 2.39. The van der Waals surface area contributed by atoms with Gasteiger partial charge in [0.2, 0.25) is 0 Å². The first kappa shape index (κ1) is 8.00. The zero-order valence-electron chi connectivity index (χ0n) is 5.94. The highest BCUT2D eigenvalue weighted by molar-refractivity contribution is 7.07. The minimum absolute atomic E-state index is 0.586. The van der Waals surface area contributed by atoms with Gasteiger partial charge in [0.25, 0.3) is 0 Å². The quantitative estimate of drug-likeness (QED) is 0.714. The molecular weight excluding hydrogens is 164 g/mol. The molecule has 4 nitrogen and oxygen atoms in total. The topological polar surface area (TPSA) is 62.2 Å². The molecule has 0 bridgehead atoms. The normalized spacial score (nSPS) is 12.5. The van der Waals surface area contributed by atoms with Crippen LogP contribution >= 0.6 is 11.3 Å². The molecule has 1 aromatic rings. The summed E-state index contributed by atoms with van der Waals surface area (Å²) in [4.78, 5) is 14.2. The van der Waals surface area contributed by atoms with Crippen LogP contribution in [0.25, 0.3) is 0 Å². The molecule has 60 valence electrons. The number of thiazole rings is 1. The van der Waals surface area contributed by atoms with E-state index < -0.39 is 12.0 Å². The van der Waals surface area contributed by atoms with Gasteiger partial charge >= 0.3 is 5.97 Å². The molecule has 0 unspecified atom stereocenters. The predicted molar refractivity (Wildman–Crippen MR) is 42.8 cm³/mol. The molecule has 1 heterocycles. The van der Waals surface area contributed by atoms with Crippen molar-refractivity contribution in [3.05, 3.63) is 10.9 Å². The van der Waals surface area contributed by atoms with Crippen molar-refractivity contribution in [1.82, 2.24) is 4.98 Å². The second kappa shape index (κ2) is 3.34. The van der Waals surface area contributed by atoms with Crippen LogP contribution in [0.1, 0.15) is 6.92 Å². The second-order valence-electron chi connectivity index (χ2n) is 2.08. The number of carbonyl (C=O) groups is 1. The first-order chi connectivity index (χ1) is 5.20. The van der Waals surface area contributed by atoms with Crippen molar-refractivity contribution in [2.75, 3.05) is 5.32 Å². The minimum Gasteiger partial charge on any atom is -0.480 e. The monoisotopic (exact) mass is 172 g/mol. The van der Waals surface area contributed by atoms with E-state index in [9.17, 15) is 4.79 Å². The summed E-state index contributed by atoms with van der Waals surface area (Å²) < 4.78 is 0. The van der Waals surface area contributed by atoms with Gasteiger partial charge in [0.05, 0.1) is 5.51 Å². The van der Waals surface area contributed by atoms with Crippen LogP contribution in [0.15, 0.2) is 10.9 Å². The molecule has 1 rings (SSSR count). The lowest BCUT2D eigenvalue weighted by molar-refractivity contribution is -0.137. The SMILES string of the molecule is C[C@@H](Nc1cscn1)C(=O)O. The minimum atomic E-state index is -0.877. The zero-order valence-corrected chi connectivity index (χ0v) is 6.76. The number of hydrogen-bond acceptors (Lipinski definition) is 4. The number of aliphatic carboxylic acids is 1. The lowest BCUT2D eigenvalue weighted by atomic mass is 10.3. The molecule has 11 heavy (non-hydrogen) atoms. The Bertz CT molecular complexity index is 235. The maximum atomic E-state index is 10.3. The number of anilines is 1. The van der Waals surface area contributed by atoms with Gasteiger partial charge in [0.15, 0.2) is 0 Å². The van der Waals surface area contributed by atoms with Gasteiger partial charge in [-0.2, -0.15) is 0 Å². The summed E-state index contributed by atoms with van der Waals surface area (Å²) in [6.45, 7) is 1.57. The number of rotatable bonds is 3. The van der Waals surface area contributed by atoms with Crippen molar-refractivity contribution < 1.29 is 9.90 Å². The number of hydrogen-bond donors (Lipinski definition) is 2. The van der Waals surface area contributed by atoms with Crippen LogP contribution in [0, 0.1) is 0 Å². The molecule has 0 amide bonds. The fraction of sp³-hybridized carbons (Fsp3) is 0.333. The van der Waals surface area contributed by atoms with E-state index in [-0.39, 0.29) is 0 Å². The summed E-state index contributed by atoms with van der Waals surface area (Å²) in [6.07, 6.45) is 0. The predicted octanol–water partition coefficient (Wildman–Crippen LogP) is 1.03. The fourth-order valence-corrected chi connectivity index (χ4v) is 1.06. The van der Waals surface area contributed by atoms with E-state index >= 15 is 0 Å². The third-order valence-electron chi connectivity index (χ3n) is 1.17. The number of nitrogens with zero attached hydrogens (tertiary/aromatic N) is 1. The standard InChI is InChI=1S/C6H8N2O2S/c1-4(6(9)10)8-5-2-11-3-7-5/h2-4,8H,1H3,(H,9,10)/t4-/m1/s1. The summed E-state index contributed by atoms with van der Waals surface area (Å²) in [5.41, 5.74) is 1.65. The molecular formula is C6H8N2O2S. The molecule has 0 aliphatic heterocycles. The van der Waals surface area contributed by atoms with Crippen LogP contribution in [0.2, 0.25) is 0 Å². The molecule has 1 aromatic heterocycles. The van der Waals surface area contributed by atoms with Gasteiger partial charge in [-0.25, -0.2) is 4.98 Å². The lowest BCUT2D eigenvalue weighted by Gasteiger charge is -2.06. The summed E-state index contributed by atoms with van der Waals surface area (Å²) in [6, 6.07) is -0.586. The van der Waals surface area contributed by atoms with Gasteiger partial charge < -0.3 is 10.4 Å². The van der Waals surface area contributed by atoms with E-state index in [0.29, 0.717) is 5.82 Å². The summed E-state index contributed by atoms with van der Waals surface area (Å²) in [5.74, 6) is -0.261. The Morgan fingerprint density at radius 3 is 3.09 bits per heavy atom. The van der Waals surface area contributed by atoms with E-state index in [4.69, 9.17) is 5.11 Å². The molecule has 0 aromatic carbocycles.